The number of pyridine rings is 1. The van der Waals surface area contributed by atoms with Gasteiger partial charge in [0.1, 0.15) is 0 Å². The van der Waals surface area contributed by atoms with Crippen LogP contribution < -0.4 is 5.32 Å². The lowest BCUT2D eigenvalue weighted by atomic mass is 10.1. The Kier molecular flexibility index (Phi) is 14.1. The molecule has 0 aromatic carbocycles. The van der Waals surface area contributed by atoms with Crippen LogP contribution in [0.2, 0.25) is 0 Å². The first-order valence-corrected chi connectivity index (χ1v) is 6.77. The number of aryl methyl sites for hydroxylation is 1. The van der Waals surface area contributed by atoms with Crippen molar-refractivity contribution < 1.29 is 0 Å². The van der Waals surface area contributed by atoms with Gasteiger partial charge in [0, 0.05) is 24.6 Å². The van der Waals surface area contributed by atoms with Crippen LogP contribution in [0.5, 0.6) is 0 Å². The minimum absolute atomic E-state index is 0.945. The fourth-order valence-corrected chi connectivity index (χ4v) is 1.28. The molecule has 0 saturated heterocycles. The topological polar surface area (TPSA) is 24.9 Å². The molecule has 0 bridgehead atoms. The molecule has 1 aromatic rings. The molecular weight excluding hydrogens is 220 g/mol. The third kappa shape index (κ3) is 6.89. The van der Waals surface area contributed by atoms with E-state index in [9.17, 15) is 0 Å². The summed E-state index contributed by atoms with van der Waals surface area (Å²) in [7, 11) is 1.88. The van der Waals surface area contributed by atoms with E-state index in [0.29, 0.717) is 0 Å². The Morgan fingerprint density at radius 3 is 2.39 bits per heavy atom. The summed E-state index contributed by atoms with van der Waals surface area (Å²) in [5.74, 6) is 0. The maximum absolute atomic E-state index is 4.31. The first-order chi connectivity index (χ1) is 8.81. The van der Waals surface area contributed by atoms with Crippen molar-refractivity contribution in [1.82, 2.24) is 10.3 Å². The van der Waals surface area contributed by atoms with Gasteiger partial charge >= 0.3 is 0 Å². The third-order valence-electron chi connectivity index (χ3n) is 2.08. The molecule has 1 N–H and O–H groups in total. The second kappa shape index (κ2) is 13.5. The molecule has 0 spiro atoms. The lowest BCUT2D eigenvalue weighted by Crippen LogP contribution is -2.03. The molecule has 0 unspecified atom stereocenters. The second-order valence-electron chi connectivity index (χ2n) is 2.95. The Morgan fingerprint density at radius 2 is 1.94 bits per heavy atom. The molecule has 1 heterocycles. The minimum Gasteiger partial charge on any atom is -0.388 e. The van der Waals surface area contributed by atoms with E-state index in [-0.39, 0.29) is 0 Å². The molecular formula is C16H28N2. The van der Waals surface area contributed by atoms with E-state index in [1.807, 2.05) is 47.0 Å². The van der Waals surface area contributed by atoms with Gasteiger partial charge in [0.25, 0.3) is 0 Å². The Balaban J connectivity index is 0. The van der Waals surface area contributed by atoms with Gasteiger partial charge < -0.3 is 5.32 Å². The van der Waals surface area contributed by atoms with Crippen molar-refractivity contribution in [2.24, 2.45) is 0 Å². The van der Waals surface area contributed by atoms with Crippen LogP contribution in [0.15, 0.2) is 36.7 Å². The highest BCUT2D eigenvalue weighted by Crippen LogP contribution is 2.10. The number of nitrogens with one attached hydrogen (secondary N) is 1. The van der Waals surface area contributed by atoms with Crippen molar-refractivity contribution in [1.29, 1.82) is 0 Å². The zero-order valence-corrected chi connectivity index (χ0v) is 12.7. The van der Waals surface area contributed by atoms with Gasteiger partial charge in [-0.05, 0) is 30.2 Å². The molecule has 0 radical (unpaired) electrons. The number of hydrogen-bond donors (Lipinski definition) is 1. The number of nitrogens with zero attached hydrogens (tertiary/aromatic N) is 1. The maximum atomic E-state index is 4.31. The quantitative estimate of drug-likeness (QED) is 0.797. The van der Waals surface area contributed by atoms with Gasteiger partial charge in [-0.2, -0.15) is 0 Å². The molecule has 1 rings (SSSR count). The van der Waals surface area contributed by atoms with Gasteiger partial charge in [0.05, 0.1) is 0 Å². The van der Waals surface area contributed by atoms with Crippen LogP contribution in [0.25, 0.3) is 6.08 Å². The molecule has 0 fully saturated rings. The lowest BCUT2D eigenvalue weighted by Gasteiger charge is -2.04. The van der Waals surface area contributed by atoms with Crippen LogP contribution in [0, 0.1) is 0 Å². The summed E-state index contributed by atoms with van der Waals surface area (Å²) in [6, 6.07) is 4.01. The summed E-state index contributed by atoms with van der Waals surface area (Å²) in [5.41, 5.74) is 3.27. The van der Waals surface area contributed by atoms with E-state index in [1.165, 1.54) is 0 Å². The average molecular weight is 248 g/mol. The van der Waals surface area contributed by atoms with Gasteiger partial charge in [-0.25, -0.2) is 0 Å². The van der Waals surface area contributed by atoms with Crippen LogP contribution in [-0.2, 0) is 6.42 Å². The first kappa shape index (κ1) is 18.8. The molecule has 0 atom stereocenters. The highest BCUT2D eigenvalue weighted by molar-refractivity contribution is 5.56. The molecule has 1 aromatic heterocycles. The van der Waals surface area contributed by atoms with Gasteiger partial charge in [0.2, 0.25) is 0 Å². The Bertz CT molecular complexity index is 341. The zero-order chi connectivity index (χ0) is 14.4. The number of aromatic nitrogens is 1. The Morgan fingerprint density at radius 1 is 1.33 bits per heavy atom. The minimum atomic E-state index is 0.945. The Hall–Kier alpha value is -1.57. The number of allylic oxidation sites excluding steroid dienone is 1. The summed E-state index contributed by atoms with van der Waals surface area (Å²) in [6.45, 7) is 13.8. The molecule has 0 saturated carbocycles. The number of hydrogen-bond acceptors (Lipinski definition) is 2. The van der Waals surface area contributed by atoms with Crippen LogP contribution in [-0.4, -0.2) is 12.0 Å². The van der Waals surface area contributed by atoms with Crippen molar-refractivity contribution in [3.8, 4) is 0 Å². The van der Waals surface area contributed by atoms with Gasteiger partial charge in [-0.15, -0.1) is 0 Å². The first-order valence-electron chi connectivity index (χ1n) is 6.77. The van der Waals surface area contributed by atoms with E-state index < -0.39 is 0 Å². The molecule has 2 nitrogen and oxygen atoms in total. The van der Waals surface area contributed by atoms with Gasteiger partial charge in [-0.1, -0.05) is 47.3 Å². The van der Waals surface area contributed by atoms with Crippen LogP contribution in [0.4, 0.5) is 0 Å². The summed E-state index contributed by atoms with van der Waals surface area (Å²) < 4.78 is 0. The smallest absolute Gasteiger partial charge is 0.0473 e. The van der Waals surface area contributed by atoms with Crippen molar-refractivity contribution in [3.63, 3.8) is 0 Å². The van der Waals surface area contributed by atoms with Crippen LogP contribution in [0.1, 0.15) is 45.9 Å². The van der Waals surface area contributed by atoms with Crippen LogP contribution >= 0.6 is 0 Å². The van der Waals surface area contributed by atoms with Crippen molar-refractivity contribution in [3.05, 3.63) is 47.9 Å². The Labute approximate surface area is 113 Å². The monoisotopic (exact) mass is 248 g/mol. The molecule has 0 aliphatic rings. The van der Waals surface area contributed by atoms with E-state index in [2.05, 4.69) is 35.9 Å². The highest BCUT2D eigenvalue weighted by Gasteiger charge is 1.97. The predicted octanol–water partition coefficient (Wildman–Crippen LogP) is 4.44. The largest absolute Gasteiger partial charge is 0.388 e. The molecule has 0 amide bonds. The summed E-state index contributed by atoms with van der Waals surface area (Å²) in [4.78, 5) is 4.31. The summed E-state index contributed by atoms with van der Waals surface area (Å²) in [5, 5.41) is 3.07. The molecule has 0 aliphatic heterocycles. The normalized spacial score (nSPS) is 9.33. The molecule has 102 valence electrons. The van der Waals surface area contributed by atoms with Crippen molar-refractivity contribution in [2.75, 3.05) is 7.05 Å². The zero-order valence-electron chi connectivity index (χ0n) is 12.7. The van der Waals surface area contributed by atoms with Gasteiger partial charge in [-0.3, -0.25) is 4.98 Å². The third-order valence-corrected chi connectivity index (χ3v) is 2.08. The highest BCUT2D eigenvalue weighted by atomic mass is 14.8. The predicted molar refractivity (Wildman–Crippen MR) is 83.5 cm³/mol. The number of rotatable bonds is 4. The fraction of sp³-hybridized carbons (Fsp3) is 0.438. The molecule has 18 heavy (non-hydrogen) atoms. The standard InChI is InChI=1S/C12H16N2.2C2H6/c1-4-11(13-3)9-10-7-6-8-14-12(10)5-2;2*1-2/h4,6-9,13H,1,5H2,2-3H3;2*1-2H3/b11-9+;;. The van der Waals surface area contributed by atoms with E-state index in [4.69, 9.17) is 0 Å². The van der Waals surface area contributed by atoms with E-state index >= 15 is 0 Å². The SMILES string of the molecule is C=C/C(=C\c1cccnc1CC)NC.CC.CC. The van der Waals surface area contributed by atoms with Gasteiger partial charge in [0.15, 0.2) is 0 Å². The fourth-order valence-electron chi connectivity index (χ4n) is 1.28. The maximum Gasteiger partial charge on any atom is 0.0473 e. The lowest BCUT2D eigenvalue weighted by molar-refractivity contribution is 1.02. The average Bonchev–Trinajstić information content (AvgIpc) is 2.49. The van der Waals surface area contributed by atoms with Crippen molar-refractivity contribution in [2.45, 2.75) is 41.0 Å². The second-order valence-corrected chi connectivity index (χ2v) is 2.95. The van der Waals surface area contributed by atoms with E-state index in [0.717, 1.165) is 23.4 Å². The molecule has 2 heteroatoms. The van der Waals surface area contributed by atoms with E-state index in [1.54, 1.807) is 6.08 Å². The molecule has 0 aliphatic carbocycles. The van der Waals surface area contributed by atoms with Crippen molar-refractivity contribution >= 4 is 6.08 Å². The van der Waals surface area contributed by atoms with Crippen LogP contribution in [0.3, 0.4) is 0 Å². The summed E-state index contributed by atoms with van der Waals surface area (Å²) in [6.07, 6.45) is 6.62. The summed E-state index contributed by atoms with van der Waals surface area (Å²) >= 11 is 0. The number of likely N-dealkylation sites (N-methyl/N-ethyl adjacent to an activating group) is 1.